The third-order valence-corrected chi connectivity index (χ3v) is 3.55. The lowest BCUT2D eigenvalue weighted by Gasteiger charge is -2.15. The highest BCUT2D eigenvalue weighted by Gasteiger charge is 2.37. The minimum absolute atomic E-state index is 0.0944. The molecule has 1 atom stereocenters. The number of ether oxygens (including phenoxy) is 1. The molecule has 2 aromatic rings. The topological polar surface area (TPSA) is 39.2 Å². The van der Waals surface area contributed by atoms with E-state index in [9.17, 15) is 4.79 Å². The molecule has 0 saturated heterocycles. The van der Waals surface area contributed by atoms with E-state index in [4.69, 9.17) is 4.74 Å². The maximum atomic E-state index is 12.5. The largest absolute Gasteiger partial charge is 0.370 e. The number of aromatic nitrogens is 1. The van der Waals surface area contributed by atoms with Gasteiger partial charge in [0.15, 0.2) is 5.78 Å². The van der Waals surface area contributed by atoms with E-state index >= 15 is 0 Å². The molecule has 0 spiro atoms. The molecular formula is C16H17NO2. The van der Waals surface area contributed by atoms with Gasteiger partial charge in [-0.25, -0.2) is 0 Å². The van der Waals surface area contributed by atoms with E-state index in [0.717, 1.165) is 23.7 Å². The zero-order valence-electron chi connectivity index (χ0n) is 11.0. The van der Waals surface area contributed by atoms with Crippen LogP contribution in [0.15, 0.2) is 36.5 Å². The van der Waals surface area contributed by atoms with Gasteiger partial charge in [0.1, 0.15) is 6.10 Å². The Labute approximate surface area is 112 Å². The van der Waals surface area contributed by atoms with Crippen molar-refractivity contribution in [2.45, 2.75) is 25.9 Å². The van der Waals surface area contributed by atoms with Crippen molar-refractivity contribution in [1.29, 1.82) is 0 Å². The first-order valence-electron chi connectivity index (χ1n) is 6.80. The molecule has 0 bridgehead atoms. The summed E-state index contributed by atoms with van der Waals surface area (Å²) in [5, 5.41) is 1.05. The van der Waals surface area contributed by atoms with E-state index < -0.39 is 0 Å². The van der Waals surface area contributed by atoms with Gasteiger partial charge in [-0.05, 0) is 37.8 Å². The van der Waals surface area contributed by atoms with Crippen molar-refractivity contribution < 1.29 is 9.53 Å². The number of carbonyl (C=O) groups is 1. The molecule has 1 aliphatic carbocycles. The lowest BCUT2D eigenvalue weighted by Crippen LogP contribution is -2.26. The number of pyridine rings is 1. The summed E-state index contributed by atoms with van der Waals surface area (Å²) in [6, 6.07) is 9.59. The first kappa shape index (κ1) is 12.3. The summed E-state index contributed by atoms with van der Waals surface area (Å²) in [4.78, 5) is 16.8. The SMILES string of the molecule is CCOC(C(=O)c1ccc2cccnc2c1)C1CC1. The van der Waals surface area contributed by atoms with Crippen molar-refractivity contribution in [3.8, 4) is 0 Å². The van der Waals surface area contributed by atoms with Crippen LogP contribution in [0.3, 0.4) is 0 Å². The van der Waals surface area contributed by atoms with Crippen LogP contribution in [0.25, 0.3) is 10.9 Å². The molecule has 98 valence electrons. The smallest absolute Gasteiger partial charge is 0.191 e. The van der Waals surface area contributed by atoms with Gasteiger partial charge >= 0.3 is 0 Å². The van der Waals surface area contributed by atoms with E-state index in [1.165, 1.54) is 0 Å². The normalized spacial score (nSPS) is 16.5. The van der Waals surface area contributed by atoms with Gasteiger partial charge in [0.2, 0.25) is 0 Å². The highest BCUT2D eigenvalue weighted by Crippen LogP contribution is 2.36. The van der Waals surface area contributed by atoms with Crippen LogP contribution in [-0.2, 0) is 4.74 Å². The molecule has 0 amide bonds. The second-order valence-electron chi connectivity index (χ2n) is 4.99. The van der Waals surface area contributed by atoms with Gasteiger partial charge in [0.05, 0.1) is 5.52 Å². The molecule has 3 nitrogen and oxygen atoms in total. The Kier molecular flexibility index (Phi) is 3.30. The van der Waals surface area contributed by atoms with Crippen LogP contribution in [0.1, 0.15) is 30.1 Å². The molecule has 0 radical (unpaired) electrons. The Morgan fingerprint density at radius 1 is 1.42 bits per heavy atom. The number of benzene rings is 1. The molecule has 3 heteroatoms. The molecule has 1 heterocycles. The Morgan fingerprint density at radius 2 is 2.26 bits per heavy atom. The second-order valence-corrected chi connectivity index (χ2v) is 4.99. The number of Topliss-reactive ketones (excluding diaryl/α,β-unsaturated/α-hetero) is 1. The fourth-order valence-electron chi connectivity index (χ4n) is 2.39. The predicted octanol–water partition coefficient (Wildman–Crippen LogP) is 3.23. The zero-order chi connectivity index (χ0) is 13.2. The van der Waals surface area contributed by atoms with Gasteiger partial charge in [0, 0.05) is 23.8 Å². The number of ketones is 1. The fraction of sp³-hybridized carbons (Fsp3) is 0.375. The van der Waals surface area contributed by atoms with Gasteiger partial charge in [-0.3, -0.25) is 9.78 Å². The Hall–Kier alpha value is -1.74. The standard InChI is InChI=1S/C16H17NO2/c1-2-19-16(12-6-7-12)15(18)13-8-5-11-4-3-9-17-14(11)10-13/h3-5,8-10,12,16H,2,6-7H2,1H3. The lowest BCUT2D eigenvalue weighted by atomic mass is 10.0. The monoisotopic (exact) mass is 255 g/mol. The summed E-state index contributed by atoms with van der Waals surface area (Å²) in [5.41, 5.74) is 1.57. The third-order valence-electron chi connectivity index (χ3n) is 3.55. The van der Waals surface area contributed by atoms with Crippen molar-refractivity contribution in [3.05, 3.63) is 42.1 Å². The molecular weight excluding hydrogens is 238 g/mol. The molecule has 1 aromatic heterocycles. The van der Waals surface area contributed by atoms with Crippen LogP contribution >= 0.6 is 0 Å². The molecule has 0 N–H and O–H groups in total. The molecule has 1 aliphatic rings. The summed E-state index contributed by atoms with van der Waals surface area (Å²) >= 11 is 0. The van der Waals surface area contributed by atoms with E-state index in [2.05, 4.69) is 4.98 Å². The van der Waals surface area contributed by atoms with E-state index in [1.807, 2.05) is 37.3 Å². The Morgan fingerprint density at radius 3 is 3.00 bits per heavy atom. The lowest BCUT2D eigenvalue weighted by molar-refractivity contribution is 0.0375. The molecule has 1 unspecified atom stereocenters. The van der Waals surface area contributed by atoms with Crippen LogP contribution in [0, 0.1) is 5.92 Å². The fourth-order valence-corrected chi connectivity index (χ4v) is 2.39. The van der Waals surface area contributed by atoms with Crippen LogP contribution in [0.5, 0.6) is 0 Å². The molecule has 3 rings (SSSR count). The number of hydrogen-bond acceptors (Lipinski definition) is 3. The summed E-state index contributed by atoms with van der Waals surface area (Å²) in [6.07, 6.45) is 3.67. The van der Waals surface area contributed by atoms with Crippen molar-refractivity contribution >= 4 is 16.7 Å². The summed E-state index contributed by atoms with van der Waals surface area (Å²) in [6.45, 7) is 2.52. The zero-order valence-corrected chi connectivity index (χ0v) is 11.0. The van der Waals surface area contributed by atoms with E-state index in [-0.39, 0.29) is 11.9 Å². The maximum Gasteiger partial charge on any atom is 0.191 e. The number of fused-ring (bicyclic) bond motifs is 1. The molecule has 1 saturated carbocycles. The summed E-state index contributed by atoms with van der Waals surface area (Å²) < 4.78 is 5.62. The van der Waals surface area contributed by atoms with Gasteiger partial charge < -0.3 is 4.74 Å². The van der Waals surface area contributed by atoms with Crippen LogP contribution in [-0.4, -0.2) is 23.5 Å². The van der Waals surface area contributed by atoms with Gasteiger partial charge in [-0.1, -0.05) is 18.2 Å². The molecule has 1 fully saturated rings. The first-order valence-corrected chi connectivity index (χ1v) is 6.80. The van der Waals surface area contributed by atoms with Crippen LogP contribution < -0.4 is 0 Å². The van der Waals surface area contributed by atoms with Gasteiger partial charge in [0.25, 0.3) is 0 Å². The number of hydrogen-bond donors (Lipinski definition) is 0. The minimum Gasteiger partial charge on any atom is -0.370 e. The third kappa shape index (κ3) is 2.51. The van der Waals surface area contributed by atoms with Crippen molar-refractivity contribution in [3.63, 3.8) is 0 Å². The predicted molar refractivity (Wildman–Crippen MR) is 74.2 cm³/mol. The van der Waals surface area contributed by atoms with Crippen molar-refractivity contribution in [2.75, 3.05) is 6.61 Å². The van der Waals surface area contributed by atoms with Gasteiger partial charge in [-0.2, -0.15) is 0 Å². The second kappa shape index (κ2) is 5.10. The highest BCUT2D eigenvalue weighted by molar-refractivity contribution is 6.02. The minimum atomic E-state index is -0.272. The Bertz CT molecular complexity index is 604. The molecule has 1 aromatic carbocycles. The van der Waals surface area contributed by atoms with E-state index in [1.54, 1.807) is 6.20 Å². The average Bonchev–Trinajstić information content (AvgIpc) is 3.28. The summed E-state index contributed by atoms with van der Waals surface area (Å²) in [5.74, 6) is 0.504. The van der Waals surface area contributed by atoms with E-state index in [0.29, 0.717) is 18.1 Å². The Balaban J connectivity index is 1.91. The van der Waals surface area contributed by atoms with Crippen LogP contribution in [0.2, 0.25) is 0 Å². The molecule has 0 aliphatic heterocycles. The van der Waals surface area contributed by atoms with Crippen molar-refractivity contribution in [2.24, 2.45) is 5.92 Å². The van der Waals surface area contributed by atoms with Gasteiger partial charge in [-0.15, -0.1) is 0 Å². The quantitative estimate of drug-likeness (QED) is 0.770. The number of nitrogens with zero attached hydrogens (tertiary/aromatic N) is 1. The molecule has 19 heavy (non-hydrogen) atoms. The first-order chi connectivity index (χ1) is 9.29. The summed E-state index contributed by atoms with van der Waals surface area (Å²) in [7, 11) is 0. The average molecular weight is 255 g/mol. The highest BCUT2D eigenvalue weighted by atomic mass is 16.5. The number of carbonyl (C=O) groups excluding carboxylic acids is 1. The number of rotatable bonds is 5. The maximum absolute atomic E-state index is 12.5. The van der Waals surface area contributed by atoms with Crippen LogP contribution in [0.4, 0.5) is 0 Å². The van der Waals surface area contributed by atoms with Crippen molar-refractivity contribution in [1.82, 2.24) is 4.98 Å².